The van der Waals surface area contributed by atoms with E-state index in [-0.39, 0.29) is 24.3 Å². The van der Waals surface area contributed by atoms with E-state index in [0.717, 1.165) is 17.5 Å². The molecule has 3 atom stereocenters. The van der Waals surface area contributed by atoms with Gasteiger partial charge in [-0.2, -0.15) is 0 Å². The zero-order valence-corrected chi connectivity index (χ0v) is 11.6. The van der Waals surface area contributed by atoms with Gasteiger partial charge in [0.25, 0.3) is 0 Å². The van der Waals surface area contributed by atoms with Gasteiger partial charge in [0.2, 0.25) is 0 Å². The van der Waals surface area contributed by atoms with Crippen LogP contribution >= 0.6 is 0 Å². The Bertz CT molecular complexity index is 426. The second-order valence-corrected chi connectivity index (χ2v) is 4.65. The molecule has 1 fully saturated rings. The van der Waals surface area contributed by atoms with Crippen LogP contribution in [0.25, 0.3) is 0 Å². The lowest BCUT2D eigenvalue weighted by Crippen LogP contribution is -2.17. The topological polar surface area (TPSA) is 44.8 Å². The van der Waals surface area contributed by atoms with Crippen LogP contribution in [-0.2, 0) is 14.2 Å². The molecule has 1 aliphatic rings. The van der Waals surface area contributed by atoms with Crippen molar-refractivity contribution in [2.75, 3.05) is 14.2 Å². The van der Waals surface area contributed by atoms with E-state index < -0.39 is 0 Å². The van der Waals surface area contributed by atoms with Crippen molar-refractivity contribution < 1.29 is 19.0 Å². The van der Waals surface area contributed by atoms with Crippen LogP contribution in [0, 0.1) is 0 Å². The Balaban J connectivity index is 2.15. The predicted molar refractivity (Wildman–Crippen MR) is 71.1 cm³/mol. The molecule has 104 valence electrons. The highest BCUT2D eigenvalue weighted by molar-refractivity contribution is 5.95. The number of ether oxygens (including phenoxy) is 3. The summed E-state index contributed by atoms with van der Waals surface area (Å²) in [6.07, 6.45) is 0.763. The molecule has 0 saturated carbocycles. The molecule has 0 N–H and O–H groups in total. The zero-order valence-electron chi connectivity index (χ0n) is 11.6. The second-order valence-electron chi connectivity index (χ2n) is 4.65. The lowest BCUT2D eigenvalue weighted by atomic mass is 9.95. The van der Waals surface area contributed by atoms with Gasteiger partial charge in [-0.25, -0.2) is 0 Å². The molecule has 1 aromatic carbocycles. The molecule has 4 heteroatoms. The van der Waals surface area contributed by atoms with Gasteiger partial charge in [0, 0.05) is 38.5 Å². The highest BCUT2D eigenvalue weighted by atomic mass is 16.8. The third-order valence-electron chi connectivity index (χ3n) is 3.54. The molecule has 19 heavy (non-hydrogen) atoms. The third kappa shape index (κ3) is 3.03. The zero-order chi connectivity index (χ0) is 13.8. The Morgan fingerprint density at radius 1 is 1.26 bits per heavy atom. The number of ketones is 1. The molecule has 1 heterocycles. The molecular formula is C15H20O4. The summed E-state index contributed by atoms with van der Waals surface area (Å²) in [5, 5.41) is 0. The molecule has 0 aromatic heterocycles. The molecule has 2 rings (SSSR count). The second kappa shape index (κ2) is 6.28. The fourth-order valence-electron chi connectivity index (χ4n) is 2.40. The van der Waals surface area contributed by atoms with Crippen LogP contribution in [0.2, 0.25) is 0 Å². The Morgan fingerprint density at radius 2 is 1.95 bits per heavy atom. The number of benzene rings is 1. The molecular weight excluding hydrogens is 244 g/mol. The van der Waals surface area contributed by atoms with E-state index in [4.69, 9.17) is 14.2 Å². The molecule has 0 spiro atoms. The first-order chi connectivity index (χ1) is 9.19. The van der Waals surface area contributed by atoms with Crippen LogP contribution in [0.3, 0.4) is 0 Å². The summed E-state index contributed by atoms with van der Waals surface area (Å²) in [6, 6.07) is 7.68. The minimum Gasteiger partial charge on any atom is -0.356 e. The average molecular weight is 264 g/mol. The first kappa shape index (κ1) is 14.2. The smallest absolute Gasteiger partial charge is 0.167 e. The quantitative estimate of drug-likeness (QED) is 0.767. The summed E-state index contributed by atoms with van der Waals surface area (Å²) in [5.74, 6) is 0.299. The molecule has 3 unspecified atom stereocenters. The molecule has 1 aromatic rings. The lowest BCUT2D eigenvalue weighted by molar-refractivity contribution is -0.188. The van der Waals surface area contributed by atoms with E-state index in [0.29, 0.717) is 6.42 Å². The molecule has 4 nitrogen and oxygen atoms in total. The summed E-state index contributed by atoms with van der Waals surface area (Å²) in [5.41, 5.74) is 1.86. The number of carbonyl (C=O) groups excluding carboxylic acids is 1. The Hall–Kier alpha value is -1.23. The standard InChI is InChI=1S/C15H20O4/c1-4-13(16)11-7-5-10(6-8-11)12-9-14(17-2)19-15(12)18-3/h5-8,12,14-15H,4,9H2,1-3H3. The van der Waals surface area contributed by atoms with Gasteiger partial charge in [0.05, 0.1) is 0 Å². The monoisotopic (exact) mass is 264 g/mol. The Kier molecular flexibility index (Phi) is 4.69. The maximum absolute atomic E-state index is 11.6. The van der Waals surface area contributed by atoms with Crippen LogP contribution in [0.4, 0.5) is 0 Å². The average Bonchev–Trinajstić information content (AvgIpc) is 2.90. The highest BCUT2D eigenvalue weighted by Crippen LogP contribution is 2.35. The van der Waals surface area contributed by atoms with Crippen molar-refractivity contribution in [1.82, 2.24) is 0 Å². The van der Waals surface area contributed by atoms with Crippen LogP contribution in [0.5, 0.6) is 0 Å². The minimum atomic E-state index is -0.294. The van der Waals surface area contributed by atoms with Crippen molar-refractivity contribution in [2.24, 2.45) is 0 Å². The van der Waals surface area contributed by atoms with Crippen molar-refractivity contribution in [1.29, 1.82) is 0 Å². The van der Waals surface area contributed by atoms with E-state index in [9.17, 15) is 4.79 Å². The fourth-order valence-corrected chi connectivity index (χ4v) is 2.40. The third-order valence-corrected chi connectivity index (χ3v) is 3.54. The number of rotatable bonds is 5. The van der Waals surface area contributed by atoms with Crippen LogP contribution in [0.15, 0.2) is 24.3 Å². The molecule has 0 amide bonds. The summed E-state index contributed by atoms with van der Waals surface area (Å²) >= 11 is 0. The van der Waals surface area contributed by atoms with E-state index >= 15 is 0 Å². The molecule has 0 bridgehead atoms. The number of hydrogen-bond donors (Lipinski definition) is 0. The highest BCUT2D eigenvalue weighted by Gasteiger charge is 2.36. The Labute approximate surface area is 113 Å². The summed E-state index contributed by atoms with van der Waals surface area (Å²) < 4.78 is 16.2. The van der Waals surface area contributed by atoms with Crippen molar-refractivity contribution in [2.45, 2.75) is 38.3 Å². The van der Waals surface area contributed by atoms with Gasteiger partial charge >= 0.3 is 0 Å². The van der Waals surface area contributed by atoms with Crippen molar-refractivity contribution >= 4 is 5.78 Å². The van der Waals surface area contributed by atoms with Crippen molar-refractivity contribution in [3.63, 3.8) is 0 Å². The summed E-state index contributed by atoms with van der Waals surface area (Å²) in [7, 11) is 3.26. The number of hydrogen-bond acceptors (Lipinski definition) is 4. The van der Waals surface area contributed by atoms with Gasteiger partial charge in [-0.1, -0.05) is 31.2 Å². The molecule has 0 aliphatic carbocycles. The number of methoxy groups -OCH3 is 2. The Morgan fingerprint density at radius 3 is 2.47 bits per heavy atom. The van der Waals surface area contributed by atoms with Crippen molar-refractivity contribution in [3.8, 4) is 0 Å². The van der Waals surface area contributed by atoms with Gasteiger partial charge in [-0.05, 0) is 5.56 Å². The fraction of sp³-hybridized carbons (Fsp3) is 0.533. The van der Waals surface area contributed by atoms with E-state index in [2.05, 4.69) is 0 Å². The van der Waals surface area contributed by atoms with Crippen LogP contribution < -0.4 is 0 Å². The van der Waals surface area contributed by atoms with Gasteiger partial charge in [0.15, 0.2) is 18.4 Å². The van der Waals surface area contributed by atoms with E-state index in [1.54, 1.807) is 14.2 Å². The van der Waals surface area contributed by atoms with E-state index in [1.165, 1.54) is 0 Å². The number of Topliss-reactive ketones (excluding diaryl/α,β-unsaturated/α-hetero) is 1. The molecule has 0 radical (unpaired) electrons. The normalized spacial score (nSPS) is 26.6. The molecule has 1 aliphatic heterocycles. The van der Waals surface area contributed by atoms with Crippen molar-refractivity contribution in [3.05, 3.63) is 35.4 Å². The van der Waals surface area contributed by atoms with Crippen LogP contribution in [0.1, 0.15) is 41.6 Å². The van der Waals surface area contributed by atoms with Gasteiger partial charge in [-0.15, -0.1) is 0 Å². The predicted octanol–water partition coefficient (Wildman–Crippen LogP) is 2.73. The van der Waals surface area contributed by atoms with Gasteiger partial charge < -0.3 is 14.2 Å². The van der Waals surface area contributed by atoms with E-state index in [1.807, 2.05) is 31.2 Å². The van der Waals surface area contributed by atoms with Gasteiger partial charge in [0.1, 0.15) is 0 Å². The maximum atomic E-state index is 11.6. The molecule has 1 saturated heterocycles. The number of carbonyl (C=O) groups is 1. The lowest BCUT2D eigenvalue weighted by Gasteiger charge is -2.16. The summed E-state index contributed by atoms with van der Waals surface area (Å²) in [4.78, 5) is 11.6. The largest absolute Gasteiger partial charge is 0.356 e. The van der Waals surface area contributed by atoms with Crippen LogP contribution in [-0.4, -0.2) is 32.6 Å². The van der Waals surface area contributed by atoms with Gasteiger partial charge in [-0.3, -0.25) is 4.79 Å². The summed E-state index contributed by atoms with van der Waals surface area (Å²) in [6.45, 7) is 1.87. The maximum Gasteiger partial charge on any atom is 0.167 e. The minimum absolute atomic E-state index is 0.140. The first-order valence-electron chi connectivity index (χ1n) is 6.53. The first-order valence-corrected chi connectivity index (χ1v) is 6.53. The SMILES string of the molecule is CCC(=O)c1ccc(C2CC(OC)OC2OC)cc1.